The Morgan fingerprint density at radius 2 is 1.74 bits per heavy atom. The molecule has 1 heterocycles. The summed E-state index contributed by atoms with van der Waals surface area (Å²) in [6.45, 7) is 0. The Bertz CT molecular complexity index is 734. The standard InChI is InChI=1S/C13H7Cl3N2S/c14-7-4-5-11-10(6-7)17-13(19-11)18-12-8(15)2-1-3-9(12)16/h1-6H,(H,17,18). The fourth-order valence-corrected chi connectivity index (χ4v) is 3.19. The lowest BCUT2D eigenvalue weighted by molar-refractivity contribution is 1.44. The van der Waals surface area contributed by atoms with Gasteiger partial charge in [0, 0.05) is 5.02 Å². The highest BCUT2D eigenvalue weighted by atomic mass is 35.5. The van der Waals surface area contributed by atoms with E-state index in [9.17, 15) is 0 Å². The van der Waals surface area contributed by atoms with Crippen molar-refractivity contribution >= 4 is 67.2 Å². The van der Waals surface area contributed by atoms with Crippen LogP contribution >= 0.6 is 46.1 Å². The van der Waals surface area contributed by atoms with Crippen LogP contribution in [0.2, 0.25) is 15.1 Å². The third-order valence-electron chi connectivity index (χ3n) is 2.54. The summed E-state index contributed by atoms with van der Waals surface area (Å²) in [6.07, 6.45) is 0. The van der Waals surface area contributed by atoms with Crippen LogP contribution in [0.3, 0.4) is 0 Å². The summed E-state index contributed by atoms with van der Waals surface area (Å²) < 4.78 is 1.05. The predicted molar refractivity (Wildman–Crippen MR) is 84.4 cm³/mol. The molecular formula is C13H7Cl3N2S. The van der Waals surface area contributed by atoms with Crippen molar-refractivity contribution in [3.63, 3.8) is 0 Å². The third kappa shape index (κ3) is 2.65. The van der Waals surface area contributed by atoms with Crippen molar-refractivity contribution in [2.24, 2.45) is 0 Å². The number of hydrogen-bond acceptors (Lipinski definition) is 3. The largest absolute Gasteiger partial charge is 0.329 e. The van der Waals surface area contributed by atoms with E-state index in [-0.39, 0.29) is 0 Å². The second-order valence-corrected chi connectivity index (χ2v) is 6.13. The van der Waals surface area contributed by atoms with Crippen LogP contribution in [0, 0.1) is 0 Å². The monoisotopic (exact) mass is 328 g/mol. The summed E-state index contributed by atoms with van der Waals surface area (Å²) >= 11 is 19.7. The predicted octanol–water partition coefficient (Wildman–Crippen LogP) is 6.00. The minimum atomic E-state index is 0.560. The molecule has 2 nitrogen and oxygen atoms in total. The first-order valence-corrected chi connectivity index (χ1v) is 7.35. The highest BCUT2D eigenvalue weighted by Gasteiger charge is 2.09. The van der Waals surface area contributed by atoms with Gasteiger partial charge >= 0.3 is 0 Å². The van der Waals surface area contributed by atoms with E-state index in [4.69, 9.17) is 34.8 Å². The van der Waals surface area contributed by atoms with Gasteiger partial charge in [0.2, 0.25) is 0 Å². The van der Waals surface area contributed by atoms with Crippen molar-refractivity contribution in [1.29, 1.82) is 0 Å². The summed E-state index contributed by atoms with van der Waals surface area (Å²) in [6, 6.07) is 11.0. The fraction of sp³-hybridized carbons (Fsp3) is 0. The molecule has 0 amide bonds. The number of benzene rings is 2. The smallest absolute Gasteiger partial charge is 0.188 e. The van der Waals surface area contributed by atoms with Gasteiger partial charge in [-0.15, -0.1) is 0 Å². The van der Waals surface area contributed by atoms with Crippen LogP contribution in [0.1, 0.15) is 0 Å². The van der Waals surface area contributed by atoms with E-state index in [0.717, 1.165) is 15.3 Å². The third-order valence-corrected chi connectivity index (χ3v) is 4.36. The molecule has 6 heteroatoms. The highest BCUT2D eigenvalue weighted by molar-refractivity contribution is 7.22. The molecule has 0 saturated heterocycles. The van der Waals surface area contributed by atoms with Gasteiger partial charge in [-0.05, 0) is 30.3 Å². The lowest BCUT2D eigenvalue weighted by Crippen LogP contribution is -1.91. The van der Waals surface area contributed by atoms with Crippen LogP contribution in [0.4, 0.5) is 10.8 Å². The molecule has 0 aliphatic rings. The van der Waals surface area contributed by atoms with Crippen LogP contribution in [0.15, 0.2) is 36.4 Å². The quantitative estimate of drug-likeness (QED) is 0.623. The lowest BCUT2D eigenvalue weighted by Gasteiger charge is -2.06. The molecule has 0 aliphatic heterocycles. The Kier molecular flexibility index (Phi) is 3.54. The molecule has 1 aromatic heterocycles. The van der Waals surface area contributed by atoms with Gasteiger partial charge in [0.1, 0.15) is 0 Å². The topological polar surface area (TPSA) is 24.9 Å². The summed E-state index contributed by atoms with van der Waals surface area (Å²) in [5, 5.41) is 5.67. The van der Waals surface area contributed by atoms with Gasteiger partial charge in [-0.2, -0.15) is 0 Å². The molecule has 2 aromatic carbocycles. The summed E-state index contributed by atoms with van der Waals surface area (Å²) in [4.78, 5) is 4.46. The molecule has 19 heavy (non-hydrogen) atoms. The van der Waals surface area contributed by atoms with Crippen LogP contribution < -0.4 is 5.32 Å². The Labute approximate surface area is 128 Å². The second kappa shape index (κ2) is 5.17. The number of nitrogens with zero attached hydrogens (tertiary/aromatic N) is 1. The zero-order valence-corrected chi connectivity index (χ0v) is 12.5. The summed E-state index contributed by atoms with van der Waals surface area (Å²) in [5.41, 5.74) is 1.51. The van der Waals surface area contributed by atoms with E-state index in [0.29, 0.717) is 20.8 Å². The van der Waals surface area contributed by atoms with Crippen molar-refractivity contribution in [2.45, 2.75) is 0 Å². The van der Waals surface area contributed by atoms with Gasteiger partial charge in [0.05, 0.1) is 25.9 Å². The average Bonchev–Trinajstić information content (AvgIpc) is 2.75. The molecule has 96 valence electrons. The fourth-order valence-electron chi connectivity index (χ4n) is 1.68. The van der Waals surface area contributed by atoms with Crippen LogP contribution in [0.5, 0.6) is 0 Å². The van der Waals surface area contributed by atoms with Crippen molar-refractivity contribution in [1.82, 2.24) is 4.98 Å². The minimum Gasteiger partial charge on any atom is -0.329 e. The first-order valence-electron chi connectivity index (χ1n) is 5.40. The van der Waals surface area contributed by atoms with Gasteiger partial charge in [0.15, 0.2) is 5.13 Å². The number of anilines is 2. The van der Waals surface area contributed by atoms with Crippen LogP contribution in [0.25, 0.3) is 10.2 Å². The van der Waals surface area contributed by atoms with Crippen LogP contribution in [-0.2, 0) is 0 Å². The van der Waals surface area contributed by atoms with Gasteiger partial charge in [-0.25, -0.2) is 4.98 Å². The first-order chi connectivity index (χ1) is 9.13. The van der Waals surface area contributed by atoms with Crippen molar-refractivity contribution in [3.05, 3.63) is 51.5 Å². The maximum atomic E-state index is 6.11. The number of halogens is 3. The van der Waals surface area contributed by atoms with E-state index >= 15 is 0 Å². The molecule has 3 aromatic rings. The number of nitrogens with one attached hydrogen (secondary N) is 1. The molecule has 0 radical (unpaired) electrons. The van der Waals surface area contributed by atoms with Crippen LogP contribution in [-0.4, -0.2) is 4.98 Å². The molecule has 0 bridgehead atoms. The minimum absolute atomic E-state index is 0.560. The average molecular weight is 330 g/mol. The van der Waals surface area contributed by atoms with E-state index in [1.807, 2.05) is 18.2 Å². The van der Waals surface area contributed by atoms with Gasteiger partial charge in [0.25, 0.3) is 0 Å². The molecular weight excluding hydrogens is 323 g/mol. The Morgan fingerprint density at radius 1 is 1.00 bits per heavy atom. The zero-order chi connectivity index (χ0) is 13.4. The summed E-state index contributed by atoms with van der Waals surface area (Å²) in [7, 11) is 0. The number of para-hydroxylation sites is 1. The van der Waals surface area contributed by atoms with Gasteiger partial charge < -0.3 is 5.32 Å². The number of hydrogen-bond donors (Lipinski definition) is 1. The second-order valence-electron chi connectivity index (χ2n) is 3.85. The first kappa shape index (κ1) is 13.0. The molecule has 1 N–H and O–H groups in total. The molecule has 0 aliphatic carbocycles. The molecule has 0 fully saturated rings. The maximum Gasteiger partial charge on any atom is 0.188 e. The zero-order valence-electron chi connectivity index (χ0n) is 9.45. The van der Waals surface area contributed by atoms with Crippen molar-refractivity contribution < 1.29 is 0 Å². The molecule has 3 rings (SSSR count). The SMILES string of the molecule is Clc1ccc2sc(Nc3c(Cl)cccc3Cl)nc2c1. The molecule has 0 spiro atoms. The Morgan fingerprint density at radius 3 is 2.47 bits per heavy atom. The lowest BCUT2D eigenvalue weighted by atomic mass is 10.3. The number of fused-ring (bicyclic) bond motifs is 1. The van der Waals surface area contributed by atoms with E-state index in [1.54, 1.807) is 18.2 Å². The highest BCUT2D eigenvalue weighted by Crippen LogP contribution is 2.35. The normalized spacial score (nSPS) is 10.9. The number of thiazole rings is 1. The molecule has 0 saturated carbocycles. The van der Waals surface area contributed by atoms with Crippen molar-refractivity contribution in [2.75, 3.05) is 5.32 Å². The number of rotatable bonds is 2. The Balaban J connectivity index is 2.01. The van der Waals surface area contributed by atoms with Gasteiger partial charge in [-0.3, -0.25) is 0 Å². The van der Waals surface area contributed by atoms with E-state index < -0.39 is 0 Å². The molecule has 0 unspecified atom stereocenters. The molecule has 0 atom stereocenters. The maximum absolute atomic E-state index is 6.11. The van der Waals surface area contributed by atoms with E-state index in [1.165, 1.54) is 11.3 Å². The number of aromatic nitrogens is 1. The van der Waals surface area contributed by atoms with E-state index in [2.05, 4.69) is 10.3 Å². The Hall–Kier alpha value is -1.00. The van der Waals surface area contributed by atoms with Gasteiger partial charge in [-0.1, -0.05) is 52.2 Å². The van der Waals surface area contributed by atoms with Crippen molar-refractivity contribution in [3.8, 4) is 0 Å². The summed E-state index contributed by atoms with van der Waals surface area (Å²) in [5.74, 6) is 0.